The van der Waals surface area contributed by atoms with E-state index in [1.807, 2.05) is 66.7 Å². The van der Waals surface area contributed by atoms with Gasteiger partial charge in [-0.2, -0.15) is 0 Å². The molecule has 0 unspecified atom stereocenters. The first kappa shape index (κ1) is 15.7. The maximum Gasteiger partial charge on any atom is 0.293 e. The molecule has 0 saturated heterocycles. The zero-order chi connectivity index (χ0) is 18.2. The molecule has 5 nitrogen and oxygen atoms in total. The van der Waals surface area contributed by atoms with Gasteiger partial charge in [0.1, 0.15) is 10.6 Å². The van der Waals surface area contributed by atoms with Crippen LogP contribution in [0, 0.1) is 0 Å². The van der Waals surface area contributed by atoms with E-state index in [-0.39, 0.29) is 11.7 Å². The van der Waals surface area contributed by atoms with Crippen LogP contribution in [0.15, 0.2) is 77.2 Å². The molecule has 0 aliphatic carbocycles. The second-order valence-electron chi connectivity index (χ2n) is 6.04. The van der Waals surface area contributed by atoms with E-state index in [2.05, 4.69) is 15.5 Å². The van der Waals surface area contributed by atoms with E-state index < -0.39 is 0 Å². The summed E-state index contributed by atoms with van der Waals surface area (Å²) in [5, 5.41) is 15.2. The Morgan fingerprint density at radius 2 is 1.70 bits per heavy atom. The molecule has 1 N–H and O–H groups in total. The molecular weight excluding hydrogens is 358 g/mol. The first-order valence-electron chi connectivity index (χ1n) is 8.39. The lowest BCUT2D eigenvalue weighted by Crippen LogP contribution is -2.10. The van der Waals surface area contributed by atoms with Crippen LogP contribution in [0.5, 0.6) is 0 Å². The van der Waals surface area contributed by atoms with Crippen LogP contribution >= 0.6 is 11.3 Å². The molecule has 5 aromatic rings. The number of rotatable bonds is 3. The third kappa shape index (κ3) is 2.86. The highest BCUT2D eigenvalue weighted by Crippen LogP contribution is 2.29. The Morgan fingerprint density at radius 1 is 0.889 bits per heavy atom. The van der Waals surface area contributed by atoms with Crippen molar-refractivity contribution in [2.24, 2.45) is 0 Å². The summed E-state index contributed by atoms with van der Waals surface area (Å²) >= 11 is 1.32. The van der Waals surface area contributed by atoms with Crippen molar-refractivity contribution in [2.45, 2.75) is 0 Å². The molecule has 2 heterocycles. The molecule has 5 rings (SSSR count). The van der Waals surface area contributed by atoms with Crippen LogP contribution in [0.4, 0.5) is 5.13 Å². The van der Waals surface area contributed by atoms with Crippen LogP contribution in [-0.4, -0.2) is 16.1 Å². The normalized spacial score (nSPS) is 11.1. The van der Waals surface area contributed by atoms with Gasteiger partial charge >= 0.3 is 0 Å². The van der Waals surface area contributed by atoms with Crippen molar-refractivity contribution >= 4 is 44.1 Å². The van der Waals surface area contributed by atoms with Crippen molar-refractivity contribution in [3.8, 4) is 10.6 Å². The first-order valence-corrected chi connectivity index (χ1v) is 9.21. The third-order valence-corrected chi connectivity index (χ3v) is 5.20. The summed E-state index contributed by atoms with van der Waals surface area (Å²) in [5.74, 6) is -0.0937. The Morgan fingerprint density at radius 3 is 2.59 bits per heavy atom. The van der Waals surface area contributed by atoms with Crippen LogP contribution in [0.1, 0.15) is 10.6 Å². The van der Waals surface area contributed by atoms with Crippen LogP contribution in [0.2, 0.25) is 0 Å². The molecular formula is C21H13N3O2S. The van der Waals surface area contributed by atoms with Crippen molar-refractivity contribution in [3.05, 3.63) is 78.6 Å². The zero-order valence-electron chi connectivity index (χ0n) is 14.0. The van der Waals surface area contributed by atoms with Gasteiger partial charge < -0.3 is 4.42 Å². The Kier molecular flexibility index (Phi) is 3.69. The van der Waals surface area contributed by atoms with Gasteiger partial charge in [-0.1, -0.05) is 72.0 Å². The van der Waals surface area contributed by atoms with E-state index in [1.54, 1.807) is 6.07 Å². The maximum absolute atomic E-state index is 12.6. The molecule has 1 amide bonds. The average Bonchev–Trinajstić information content (AvgIpc) is 3.36. The van der Waals surface area contributed by atoms with Gasteiger partial charge in [0.25, 0.3) is 5.91 Å². The van der Waals surface area contributed by atoms with Gasteiger partial charge in [-0.05, 0) is 22.9 Å². The van der Waals surface area contributed by atoms with Crippen molar-refractivity contribution in [2.75, 3.05) is 5.32 Å². The topological polar surface area (TPSA) is 68.0 Å². The van der Waals surface area contributed by atoms with Gasteiger partial charge in [-0.15, -0.1) is 10.2 Å². The Bertz CT molecular complexity index is 1270. The van der Waals surface area contributed by atoms with Crippen molar-refractivity contribution in [1.29, 1.82) is 0 Å². The number of hydrogen-bond donors (Lipinski definition) is 1. The fourth-order valence-corrected chi connectivity index (χ4v) is 3.78. The summed E-state index contributed by atoms with van der Waals surface area (Å²) in [5.41, 5.74) is 1.65. The van der Waals surface area contributed by atoms with Crippen LogP contribution < -0.4 is 5.32 Å². The number of aromatic nitrogens is 2. The number of furan rings is 1. The average molecular weight is 371 g/mol. The maximum atomic E-state index is 12.6. The fourth-order valence-electron chi connectivity index (χ4n) is 3.03. The minimum Gasteiger partial charge on any atom is -0.451 e. The minimum atomic E-state index is -0.342. The van der Waals surface area contributed by atoms with Crippen molar-refractivity contribution in [1.82, 2.24) is 10.2 Å². The SMILES string of the molecule is O=C(Nc1nnc(-c2ccccc2)s1)c1cc2c(ccc3ccccc32)o1. The standard InChI is InChI=1S/C21H13N3O2S/c25-19(22-21-24-23-20(27-21)14-7-2-1-3-8-14)18-12-16-15-9-5-4-6-13(15)10-11-17(16)26-18/h1-12H,(H,22,24,25). The van der Waals surface area contributed by atoms with Gasteiger partial charge in [0.15, 0.2) is 5.76 Å². The fraction of sp³-hybridized carbons (Fsp3) is 0. The van der Waals surface area contributed by atoms with Gasteiger partial charge in [0, 0.05) is 10.9 Å². The number of nitrogens with one attached hydrogen (secondary N) is 1. The molecule has 0 aliphatic rings. The first-order chi connectivity index (χ1) is 13.3. The van der Waals surface area contributed by atoms with Crippen molar-refractivity contribution < 1.29 is 9.21 Å². The monoisotopic (exact) mass is 371 g/mol. The highest BCUT2D eigenvalue weighted by molar-refractivity contribution is 7.18. The summed E-state index contributed by atoms with van der Waals surface area (Å²) in [7, 11) is 0. The highest BCUT2D eigenvalue weighted by Gasteiger charge is 2.16. The lowest BCUT2D eigenvalue weighted by atomic mass is 10.1. The highest BCUT2D eigenvalue weighted by atomic mass is 32.1. The van der Waals surface area contributed by atoms with Gasteiger partial charge in [0.2, 0.25) is 5.13 Å². The van der Waals surface area contributed by atoms with Crippen LogP contribution in [-0.2, 0) is 0 Å². The van der Waals surface area contributed by atoms with Crippen LogP contribution in [0.25, 0.3) is 32.3 Å². The van der Waals surface area contributed by atoms with E-state index in [1.165, 1.54) is 11.3 Å². The second kappa shape index (κ2) is 6.34. The Hall–Kier alpha value is -3.51. The summed E-state index contributed by atoms with van der Waals surface area (Å²) < 4.78 is 5.75. The number of carbonyl (C=O) groups excluding carboxylic acids is 1. The molecule has 2 aromatic heterocycles. The smallest absolute Gasteiger partial charge is 0.293 e. The molecule has 3 aromatic carbocycles. The molecule has 6 heteroatoms. The van der Waals surface area contributed by atoms with E-state index in [0.29, 0.717) is 10.7 Å². The Balaban J connectivity index is 1.44. The summed E-state index contributed by atoms with van der Waals surface area (Å²) in [6.07, 6.45) is 0. The molecule has 0 spiro atoms. The molecule has 0 atom stereocenters. The number of nitrogens with zero attached hydrogens (tertiary/aromatic N) is 2. The zero-order valence-corrected chi connectivity index (χ0v) is 14.9. The largest absolute Gasteiger partial charge is 0.451 e. The van der Waals surface area contributed by atoms with E-state index in [4.69, 9.17) is 4.42 Å². The predicted molar refractivity (Wildman–Crippen MR) is 107 cm³/mol. The Labute approximate surface area is 158 Å². The van der Waals surface area contributed by atoms with Gasteiger partial charge in [0.05, 0.1) is 0 Å². The van der Waals surface area contributed by atoms with E-state index in [0.717, 1.165) is 26.7 Å². The van der Waals surface area contributed by atoms with Gasteiger partial charge in [-0.3, -0.25) is 10.1 Å². The molecule has 130 valence electrons. The number of fused-ring (bicyclic) bond motifs is 3. The summed E-state index contributed by atoms with van der Waals surface area (Å²) in [6, 6.07) is 23.4. The molecule has 0 aliphatic heterocycles. The van der Waals surface area contributed by atoms with E-state index in [9.17, 15) is 4.79 Å². The lowest BCUT2D eigenvalue weighted by Gasteiger charge is -1.96. The molecule has 0 bridgehead atoms. The second-order valence-corrected chi connectivity index (χ2v) is 7.02. The van der Waals surface area contributed by atoms with Crippen molar-refractivity contribution in [3.63, 3.8) is 0 Å². The minimum absolute atomic E-state index is 0.248. The number of hydrogen-bond acceptors (Lipinski definition) is 5. The van der Waals surface area contributed by atoms with E-state index >= 15 is 0 Å². The number of benzene rings is 3. The lowest BCUT2D eigenvalue weighted by molar-refractivity contribution is 0.0998. The molecule has 0 radical (unpaired) electrons. The van der Waals surface area contributed by atoms with Crippen LogP contribution in [0.3, 0.4) is 0 Å². The molecule has 0 saturated carbocycles. The number of anilines is 1. The predicted octanol–water partition coefficient (Wildman–Crippen LogP) is 5.36. The third-order valence-electron chi connectivity index (χ3n) is 4.32. The summed E-state index contributed by atoms with van der Waals surface area (Å²) in [6.45, 7) is 0. The van der Waals surface area contributed by atoms with Gasteiger partial charge in [-0.25, -0.2) is 0 Å². The quantitative estimate of drug-likeness (QED) is 0.464. The number of carbonyl (C=O) groups is 1. The molecule has 0 fully saturated rings. The summed E-state index contributed by atoms with van der Waals surface area (Å²) in [4.78, 5) is 12.6. The number of amides is 1. The molecule has 27 heavy (non-hydrogen) atoms.